The van der Waals surface area contributed by atoms with Crippen LogP contribution in [-0.4, -0.2) is 35.2 Å². The normalized spacial score (nSPS) is 18.2. The van der Waals surface area contributed by atoms with Gasteiger partial charge in [0.05, 0.1) is 12.0 Å². The Balaban J connectivity index is 1.58. The van der Waals surface area contributed by atoms with Crippen molar-refractivity contribution in [2.24, 2.45) is 5.92 Å². The number of benzene rings is 2. The fourth-order valence-corrected chi connectivity index (χ4v) is 3.16. The quantitative estimate of drug-likeness (QED) is 0.782. The van der Waals surface area contributed by atoms with Crippen molar-refractivity contribution in [3.63, 3.8) is 0 Å². The first-order valence-electron chi connectivity index (χ1n) is 8.96. The van der Waals surface area contributed by atoms with Gasteiger partial charge in [0.1, 0.15) is 12.5 Å². The summed E-state index contributed by atoms with van der Waals surface area (Å²) >= 11 is 0. The second-order valence-corrected chi connectivity index (χ2v) is 6.57. The van der Waals surface area contributed by atoms with E-state index in [1.54, 1.807) is 36.4 Å². The molecular formula is C21H20N4O3. The summed E-state index contributed by atoms with van der Waals surface area (Å²) in [4.78, 5) is 38.4. The van der Waals surface area contributed by atoms with Crippen LogP contribution in [0.5, 0.6) is 0 Å². The first-order chi connectivity index (χ1) is 13.6. The van der Waals surface area contributed by atoms with Crippen molar-refractivity contribution in [1.29, 1.82) is 5.26 Å². The number of nitrogens with zero attached hydrogens (tertiary/aromatic N) is 2. The second kappa shape index (κ2) is 8.82. The Bertz CT molecular complexity index is 893. The summed E-state index contributed by atoms with van der Waals surface area (Å²) in [5.41, 5.74) is 1.26. The van der Waals surface area contributed by atoms with E-state index in [0.29, 0.717) is 11.4 Å². The van der Waals surface area contributed by atoms with Gasteiger partial charge in [-0.3, -0.25) is 14.4 Å². The standard InChI is InChI=1S/C21H20N4O3/c22-13-18-11-15(21(28)24-17-9-5-2-6-10-17)14-25(18)20(27)12-19(26)23-16-7-3-1-4-8-16/h1-10,15,18H,11-12,14H2,(H,23,26)(H,24,28). The monoisotopic (exact) mass is 376 g/mol. The smallest absolute Gasteiger partial charge is 0.233 e. The Hall–Kier alpha value is -3.66. The number of hydrogen-bond acceptors (Lipinski definition) is 4. The molecule has 1 aliphatic heterocycles. The predicted octanol–water partition coefficient (Wildman–Crippen LogP) is 2.39. The van der Waals surface area contributed by atoms with Crippen LogP contribution in [0.2, 0.25) is 0 Å². The fourth-order valence-electron chi connectivity index (χ4n) is 3.16. The molecule has 28 heavy (non-hydrogen) atoms. The minimum Gasteiger partial charge on any atom is -0.326 e. The molecule has 7 heteroatoms. The summed E-state index contributed by atoms with van der Waals surface area (Å²) < 4.78 is 0. The topological polar surface area (TPSA) is 102 Å². The Morgan fingerprint density at radius 3 is 2.11 bits per heavy atom. The highest BCUT2D eigenvalue weighted by molar-refractivity contribution is 6.04. The highest BCUT2D eigenvalue weighted by Gasteiger charge is 2.39. The fraction of sp³-hybridized carbons (Fsp3) is 0.238. The van der Waals surface area contributed by atoms with Gasteiger partial charge < -0.3 is 15.5 Å². The average molecular weight is 376 g/mol. The van der Waals surface area contributed by atoms with E-state index >= 15 is 0 Å². The third-order valence-corrected chi connectivity index (χ3v) is 4.55. The number of rotatable bonds is 5. The van der Waals surface area contributed by atoms with Crippen LogP contribution in [0, 0.1) is 17.2 Å². The van der Waals surface area contributed by atoms with Gasteiger partial charge in [-0.25, -0.2) is 0 Å². The zero-order chi connectivity index (χ0) is 19.9. The molecular weight excluding hydrogens is 356 g/mol. The molecule has 1 aliphatic rings. The number of hydrogen-bond donors (Lipinski definition) is 2. The van der Waals surface area contributed by atoms with Crippen LogP contribution < -0.4 is 10.6 Å². The van der Waals surface area contributed by atoms with Crippen molar-refractivity contribution in [3.05, 3.63) is 60.7 Å². The molecule has 3 rings (SSSR count). The number of carbonyl (C=O) groups excluding carboxylic acids is 3. The largest absolute Gasteiger partial charge is 0.326 e. The van der Waals surface area contributed by atoms with Crippen LogP contribution in [-0.2, 0) is 14.4 Å². The number of likely N-dealkylation sites (tertiary alicyclic amines) is 1. The van der Waals surface area contributed by atoms with E-state index < -0.39 is 23.8 Å². The number of carbonyl (C=O) groups is 3. The van der Waals surface area contributed by atoms with Gasteiger partial charge in [0, 0.05) is 17.9 Å². The number of amides is 3. The van der Waals surface area contributed by atoms with Crippen LogP contribution in [0.4, 0.5) is 11.4 Å². The molecule has 2 atom stereocenters. The molecule has 2 N–H and O–H groups in total. The minimum absolute atomic E-state index is 0.119. The first kappa shape index (κ1) is 19.1. The first-order valence-corrected chi connectivity index (χ1v) is 8.96. The Kier molecular flexibility index (Phi) is 6.02. The molecule has 0 radical (unpaired) electrons. The van der Waals surface area contributed by atoms with Crippen molar-refractivity contribution >= 4 is 29.1 Å². The Labute approximate surface area is 163 Å². The molecule has 3 amide bonds. The van der Waals surface area contributed by atoms with Crippen LogP contribution >= 0.6 is 0 Å². The molecule has 0 saturated carbocycles. The molecule has 2 aromatic carbocycles. The summed E-state index contributed by atoms with van der Waals surface area (Å²) in [7, 11) is 0. The summed E-state index contributed by atoms with van der Waals surface area (Å²) in [5, 5.41) is 14.8. The molecule has 0 aromatic heterocycles. The van der Waals surface area contributed by atoms with Crippen LogP contribution in [0.3, 0.4) is 0 Å². The summed E-state index contributed by atoms with van der Waals surface area (Å²) in [6.45, 7) is 0.119. The highest BCUT2D eigenvalue weighted by Crippen LogP contribution is 2.25. The van der Waals surface area contributed by atoms with E-state index in [-0.39, 0.29) is 25.3 Å². The Morgan fingerprint density at radius 1 is 0.964 bits per heavy atom. The molecule has 7 nitrogen and oxygen atoms in total. The van der Waals surface area contributed by atoms with Gasteiger partial charge in [-0.15, -0.1) is 0 Å². The van der Waals surface area contributed by atoms with E-state index in [1.165, 1.54) is 4.90 Å². The van der Waals surface area contributed by atoms with Gasteiger partial charge in [-0.2, -0.15) is 5.26 Å². The molecule has 1 saturated heterocycles. The van der Waals surface area contributed by atoms with E-state index in [4.69, 9.17) is 0 Å². The molecule has 0 spiro atoms. The molecule has 0 aliphatic carbocycles. The number of para-hydroxylation sites is 2. The lowest BCUT2D eigenvalue weighted by molar-refractivity contribution is -0.134. The Morgan fingerprint density at radius 2 is 1.54 bits per heavy atom. The zero-order valence-electron chi connectivity index (χ0n) is 15.2. The number of anilines is 2. The molecule has 1 heterocycles. The third-order valence-electron chi connectivity index (χ3n) is 4.55. The lowest BCUT2D eigenvalue weighted by Crippen LogP contribution is -2.37. The van der Waals surface area contributed by atoms with Gasteiger partial charge in [0.25, 0.3) is 0 Å². The maximum absolute atomic E-state index is 12.5. The highest BCUT2D eigenvalue weighted by atomic mass is 16.2. The van der Waals surface area contributed by atoms with Gasteiger partial charge in [-0.05, 0) is 30.7 Å². The second-order valence-electron chi connectivity index (χ2n) is 6.57. The average Bonchev–Trinajstić information content (AvgIpc) is 3.14. The predicted molar refractivity (Wildman–Crippen MR) is 104 cm³/mol. The lowest BCUT2D eigenvalue weighted by atomic mass is 10.1. The van der Waals surface area contributed by atoms with Crippen molar-refractivity contribution in [1.82, 2.24) is 4.90 Å². The molecule has 2 unspecified atom stereocenters. The lowest BCUT2D eigenvalue weighted by Gasteiger charge is -2.19. The molecule has 142 valence electrons. The van der Waals surface area contributed by atoms with Crippen molar-refractivity contribution in [2.45, 2.75) is 18.9 Å². The molecule has 2 aromatic rings. The molecule has 1 fully saturated rings. The van der Waals surface area contributed by atoms with Crippen molar-refractivity contribution < 1.29 is 14.4 Å². The molecule has 0 bridgehead atoms. The maximum atomic E-state index is 12.5. The van der Waals surface area contributed by atoms with Crippen LogP contribution in [0.25, 0.3) is 0 Å². The van der Waals surface area contributed by atoms with Crippen LogP contribution in [0.1, 0.15) is 12.8 Å². The van der Waals surface area contributed by atoms with E-state index in [0.717, 1.165) is 0 Å². The number of nitriles is 1. The zero-order valence-corrected chi connectivity index (χ0v) is 15.2. The summed E-state index contributed by atoms with van der Waals surface area (Å²) in [6, 6.07) is 19.2. The van der Waals surface area contributed by atoms with Gasteiger partial charge in [-0.1, -0.05) is 36.4 Å². The SMILES string of the molecule is N#CC1CC(C(=O)Nc2ccccc2)CN1C(=O)CC(=O)Nc1ccccc1. The minimum atomic E-state index is -0.719. The maximum Gasteiger partial charge on any atom is 0.233 e. The third kappa shape index (κ3) is 4.74. The van der Waals surface area contributed by atoms with E-state index in [9.17, 15) is 19.6 Å². The van der Waals surface area contributed by atoms with Crippen molar-refractivity contribution in [2.75, 3.05) is 17.2 Å². The van der Waals surface area contributed by atoms with Gasteiger partial charge >= 0.3 is 0 Å². The van der Waals surface area contributed by atoms with E-state index in [2.05, 4.69) is 16.7 Å². The summed E-state index contributed by atoms with van der Waals surface area (Å²) in [6.07, 6.45) is -0.124. The van der Waals surface area contributed by atoms with Gasteiger partial charge in [0.15, 0.2) is 0 Å². The summed E-state index contributed by atoms with van der Waals surface area (Å²) in [5.74, 6) is -1.65. The van der Waals surface area contributed by atoms with Crippen LogP contribution in [0.15, 0.2) is 60.7 Å². The van der Waals surface area contributed by atoms with Gasteiger partial charge in [0.2, 0.25) is 17.7 Å². The van der Waals surface area contributed by atoms with E-state index in [1.807, 2.05) is 24.3 Å². The number of nitrogens with one attached hydrogen (secondary N) is 2. The van der Waals surface area contributed by atoms with Crippen molar-refractivity contribution in [3.8, 4) is 6.07 Å².